The monoisotopic (exact) mass is 600 g/mol. The second kappa shape index (κ2) is 12.0. The van der Waals surface area contributed by atoms with Gasteiger partial charge in [-0.15, -0.1) is 0 Å². The fourth-order valence-electron chi connectivity index (χ4n) is 3.77. The molecule has 0 saturated heterocycles. The summed E-state index contributed by atoms with van der Waals surface area (Å²) in [5.41, 5.74) is 2.42. The molecule has 3 rings (SSSR count). The van der Waals surface area contributed by atoms with Gasteiger partial charge in [-0.05, 0) is 60.1 Å². The zero-order valence-electron chi connectivity index (χ0n) is 25.7. The molecule has 1 atom stereocenters. The van der Waals surface area contributed by atoms with Gasteiger partial charge in [0.05, 0.1) is 36.6 Å². The Labute approximate surface area is 247 Å². The molecule has 2 aromatic carbocycles. The molecule has 3 N–H and O–H groups in total. The molecule has 2 amide bonds. The molecule has 1 heterocycles. The van der Waals surface area contributed by atoms with Crippen LogP contribution in [0.15, 0.2) is 36.5 Å². The summed E-state index contributed by atoms with van der Waals surface area (Å²) in [5.74, 6) is -0.290. The number of aryl methyl sites for hydroxylation is 1. The second-order valence-corrected chi connectivity index (χ2v) is 14.1. The fourth-order valence-corrected chi connectivity index (χ4v) is 4.32. The highest BCUT2D eigenvalue weighted by Gasteiger charge is 2.24. The Morgan fingerprint density at radius 2 is 1.67 bits per heavy atom. The Morgan fingerprint density at radius 1 is 1.02 bits per heavy atom. The number of benzene rings is 2. The van der Waals surface area contributed by atoms with E-state index < -0.39 is 22.0 Å². The second-order valence-electron chi connectivity index (χ2n) is 12.3. The smallest absolute Gasteiger partial charge is 0.414 e. The van der Waals surface area contributed by atoms with Gasteiger partial charge in [0.1, 0.15) is 0 Å². The van der Waals surface area contributed by atoms with Crippen molar-refractivity contribution in [2.45, 2.75) is 66.8 Å². The van der Waals surface area contributed by atoms with Crippen LogP contribution in [0.1, 0.15) is 70.0 Å². The normalized spacial score (nSPS) is 12.8. The van der Waals surface area contributed by atoms with Crippen LogP contribution in [0.5, 0.6) is 11.6 Å². The van der Waals surface area contributed by atoms with Gasteiger partial charge in [0, 0.05) is 11.6 Å². The number of amides is 2. The van der Waals surface area contributed by atoms with Gasteiger partial charge in [0.25, 0.3) is 11.8 Å². The molecule has 0 aliphatic heterocycles. The summed E-state index contributed by atoms with van der Waals surface area (Å²) in [5, 5.41) is 13.6. The minimum atomic E-state index is -3.62. The van der Waals surface area contributed by atoms with E-state index in [0.29, 0.717) is 16.9 Å². The Hall–Kier alpha value is -4.13. The molecule has 0 radical (unpaired) electrons. The van der Waals surface area contributed by atoms with E-state index in [-0.39, 0.29) is 34.2 Å². The zero-order valence-corrected chi connectivity index (χ0v) is 26.6. The van der Waals surface area contributed by atoms with Gasteiger partial charge in [0.15, 0.2) is 5.75 Å². The Bertz CT molecular complexity index is 1580. The highest BCUT2D eigenvalue weighted by Crippen LogP contribution is 2.39. The van der Waals surface area contributed by atoms with Crippen LogP contribution in [-0.4, -0.2) is 54.8 Å². The minimum absolute atomic E-state index is 0.00231. The SMILES string of the molecule is COc1c(NC(=O)c2ccc(C)c(-n3cc(OC(=O)N[C@H](C)C(C)(C)C)nn3)c2)cc(C(C)(C)C)cc1NS(C)(=O)=O. The molecule has 0 spiro atoms. The lowest BCUT2D eigenvalue weighted by molar-refractivity contribution is 0.102. The molecule has 42 heavy (non-hydrogen) atoms. The number of nitrogens with zero attached hydrogens (tertiary/aromatic N) is 3. The summed E-state index contributed by atoms with van der Waals surface area (Å²) in [6.07, 6.45) is 1.84. The van der Waals surface area contributed by atoms with Crippen LogP contribution in [-0.2, 0) is 15.4 Å². The number of ether oxygens (including phenoxy) is 2. The molecule has 13 heteroatoms. The predicted octanol–water partition coefficient (Wildman–Crippen LogP) is 5.03. The van der Waals surface area contributed by atoms with Crippen molar-refractivity contribution in [1.29, 1.82) is 0 Å². The molecule has 0 aliphatic rings. The maximum absolute atomic E-state index is 13.4. The topological polar surface area (TPSA) is 154 Å². The predicted molar refractivity (Wildman–Crippen MR) is 162 cm³/mol. The molecule has 0 aliphatic carbocycles. The third-order valence-corrected chi connectivity index (χ3v) is 7.31. The minimum Gasteiger partial charge on any atom is -0.492 e. The molecule has 3 aromatic rings. The molecule has 0 bridgehead atoms. The largest absolute Gasteiger partial charge is 0.492 e. The maximum atomic E-state index is 13.4. The number of hydrogen-bond acceptors (Lipinski definition) is 8. The number of anilines is 2. The number of carbonyl (C=O) groups is 2. The van der Waals surface area contributed by atoms with Gasteiger partial charge in [-0.25, -0.2) is 17.9 Å². The molecule has 228 valence electrons. The summed E-state index contributed by atoms with van der Waals surface area (Å²) < 4.78 is 38.8. The number of methoxy groups -OCH3 is 1. The van der Waals surface area contributed by atoms with Crippen molar-refractivity contribution in [3.05, 3.63) is 53.2 Å². The van der Waals surface area contributed by atoms with Gasteiger partial charge in [-0.2, -0.15) is 0 Å². The summed E-state index contributed by atoms with van der Waals surface area (Å²) in [4.78, 5) is 25.8. The maximum Gasteiger partial charge on any atom is 0.414 e. The lowest BCUT2D eigenvalue weighted by Crippen LogP contribution is -2.42. The first kappa shape index (κ1) is 32.4. The van der Waals surface area contributed by atoms with Gasteiger partial charge in [-0.1, -0.05) is 57.9 Å². The van der Waals surface area contributed by atoms with Crippen molar-refractivity contribution in [3.8, 4) is 17.3 Å². The number of nitrogens with one attached hydrogen (secondary N) is 3. The first-order valence-electron chi connectivity index (χ1n) is 13.3. The van der Waals surface area contributed by atoms with Crippen LogP contribution in [0.25, 0.3) is 5.69 Å². The van der Waals surface area contributed by atoms with Gasteiger partial charge >= 0.3 is 6.09 Å². The van der Waals surface area contributed by atoms with Crippen molar-refractivity contribution < 1.29 is 27.5 Å². The standard InChI is InChI=1S/C29H40N6O6S/c1-17-11-12-19(13-23(17)35-16-24(32-34-35)41-27(37)30-18(2)28(3,4)5)26(36)31-21-14-20(29(6,7)8)15-22(25(21)40-9)33-42(10,38)39/h11-16,18,33H,1-10H3,(H,30,37)(H,31,36)/t18-/m1/s1. The lowest BCUT2D eigenvalue weighted by atomic mass is 9.86. The van der Waals surface area contributed by atoms with Gasteiger partial charge < -0.3 is 20.1 Å². The van der Waals surface area contributed by atoms with Crippen molar-refractivity contribution in [2.75, 3.05) is 23.4 Å². The zero-order chi connectivity index (χ0) is 31.6. The number of aromatic nitrogens is 3. The summed E-state index contributed by atoms with van der Waals surface area (Å²) in [7, 11) is -2.23. The van der Waals surface area contributed by atoms with Crippen LogP contribution >= 0.6 is 0 Å². The quantitative estimate of drug-likeness (QED) is 0.325. The average Bonchev–Trinajstić information content (AvgIpc) is 3.29. The summed E-state index contributed by atoms with van der Waals surface area (Å²) in [6, 6.07) is 8.34. The van der Waals surface area contributed by atoms with Crippen LogP contribution < -0.4 is 24.8 Å². The molecule has 0 unspecified atom stereocenters. The highest BCUT2D eigenvalue weighted by molar-refractivity contribution is 7.92. The third kappa shape index (κ3) is 8.21. The highest BCUT2D eigenvalue weighted by atomic mass is 32.2. The molecule has 0 fully saturated rings. The van der Waals surface area contributed by atoms with Crippen molar-refractivity contribution >= 4 is 33.4 Å². The average molecular weight is 601 g/mol. The summed E-state index contributed by atoms with van der Waals surface area (Å²) in [6.45, 7) is 15.7. The van der Waals surface area contributed by atoms with Crippen LogP contribution in [0.3, 0.4) is 0 Å². The van der Waals surface area contributed by atoms with E-state index in [9.17, 15) is 18.0 Å². The molecule has 1 aromatic heterocycles. The van der Waals surface area contributed by atoms with E-state index in [0.717, 1.165) is 17.4 Å². The van der Waals surface area contributed by atoms with E-state index in [4.69, 9.17) is 9.47 Å². The molecular weight excluding hydrogens is 560 g/mol. The van der Waals surface area contributed by atoms with Crippen molar-refractivity contribution in [2.24, 2.45) is 5.41 Å². The first-order valence-corrected chi connectivity index (χ1v) is 15.2. The van der Waals surface area contributed by atoms with E-state index in [2.05, 4.69) is 25.7 Å². The number of rotatable bonds is 8. The summed E-state index contributed by atoms with van der Waals surface area (Å²) >= 11 is 0. The Kier molecular flexibility index (Phi) is 9.25. The number of carbonyl (C=O) groups excluding carboxylic acids is 2. The van der Waals surface area contributed by atoms with E-state index in [1.54, 1.807) is 30.3 Å². The Balaban J connectivity index is 1.90. The van der Waals surface area contributed by atoms with Crippen molar-refractivity contribution in [3.63, 3.8) is 0 Å². The Morgan fingerprint density at radius 3 is 2.24 bits per heavy atom. The number of sulfonamides is 1. The number of hydrogen-bond donors (Lipinski definition) is 3. The van der Waals surface area contributed by atoms with Crippen LogP contribution in [0.4, 0.5) is 16.2 Å². The van der Waals surface area contributed by atoms with Crippen molar-refractivity contribution in [1.82, 2.24) is 20.3 Å². The van der Waals surface area contributed by atoms with Crippen LogP contribution in [0, 0.1) is 12.3 Å². The molecule has 0 saturated carbocycles. The molecule has 12 nitrogen and oxygen atoms in total. The van der Waals surface area contributed by atoms with Crippen LogP contribution in [0.2, 0.25) is 0 Å². The van der Waals surface area contributed by atoms with Gasteiger partial charge in [0.2, 0.25) is 10.0 Å². The van der Waals surface area contributed by atoms with E-state index >= 15 is 0 Å². The fraction of sp³-hybridized carbons (Fsp3) is 0.448. The lowest BCUT2D eigenvalue weighted by Gasteiger charge is -2.27. The molecular formula is C29H40N6O6S. The first-order chi connectivity index (χ1) is 19.3. The third-order valence-electron chi connectivity index (χ3n) is 6.72. The van der Waals surface area contributed by atoms with Gasteiger partial charge in [-0.3, -0.25) is 9.52 Å². The van der Waals surface area contributed by atoms with E-state index in [1.165, 1.54) is 18.0 Å². The van der Waals surface area contributed by atoms with E-state index in [1.807, 2.05) is 55.4 Å².